The Morgan fingerprint density at radius 2 is 2.42 bits per heavy atom. The van der Waals surface area contributed by atoms with Crippen LogP contribution in [0.2, 0.25) is 0 Å². The van der Waals surface area contributed by atoms with Gasteiger partial charge in [-0.15, -0.1) is 0 Å². The van der Waals surface area contributed by atoms with Gasteiger partial charge in [-0.2, -0.15) is 4.98 Å². The van der Waals surface area contributed by atoms with Gasteiger partial charge in [-0.05, 0) is 12.8 Å². The quantitative estimate of drug-likeness (QED) is 0.781. The predicted octanol–water partition coefficient (Wildman–Crippen LogP) is 0.476. The van der Waals surface area contributed by atoms with Crippen molar-refractivity contribution in [2.45, 2.75) is 31.2 Å². The zero-order chi connectivity index (χ0) is 13.2. The molecule has 3 rings (SSSR count). The molecule has 1 fully saturated rings. The summed E-state index contributed by atoms with van der Waals surface area (Å²) in [7, 11) is 1.80. The Bertz CT molecular complexity index is 493. The summed E-state index contributed by atoms with van der Waals surface area (Å²) in [5.41, 5.74) is 0. The molecule has 0 saturated heterocycles. The molecule has 1 amide bonds. The second-order valence-corrected chi connectivity index (χ2v) is 5.15. The Kier molecular flexibility index (Phi) is 3.33. The van der Waals surface area contributed by atoms with Crippen LogP contribution in [0.5, 0.6) is 0 Å². The van der Waals surface area contributed by atoms with Gasteiger partial charge in [-0.3, -0.25) is 10.1 Å². The fourth-order valence-electron chi connectivity index (χ4n) is 2.12. The normalized spacial score (nSPS) is 21.8. The minimum Gasteiger partial charge on any atom is -0.344 e. The molecule has 0 radical (unpaired) electrons. The molecule has 1 aromatic heterocycles. The smallest absolute Gasteiger partial charge is 0.243 e. The second-order valence-electron chi connectivity index (χ2n) is 5.15. The van der Waals surface area contributed by atoms with E-state index in [1.165, 1.54) is 0 Å². The molecule has 2 heterocycles. The van der Waals surface area contributed by atoms with Gasteiger partial charge in [0.15, 0.2) is 5.82 Å². The Morgan fingerprint density at radius 1 is 1.58 bits per heavy atom. The minimum atomic E-state index is -0.183. The summed E-state index contributed by atoms with van der Waals surface area (Å²) < 4.78 is 5.19. The van der Waals surface area contributed by atoms with Crippen LogP contribution in [-0.2, 0) is 11.2 Å². The van der Waals surface area contributed by atoms with E-state index in [1.807, 2.05) is 12.2 Å². The molecule has 6 heteroatoms. The lowest BCUT2D eigenvalue weighted by atomic mass is 10.2. The van der Waals surface area contributed by atoms with Crippen LogP contribution in [0, 0.1) is 0 Å². The molecule has 1 atom stereocenters. The number of amides is 1. The minimum absolute atomic E-state index is 0.0830. The van der Waals surface area contributed by atoms with Crippen LogP contribution in [0.4, 0.5) is 0 Å². The first kappa shape index (κ1) is 12.3. The van der Waals surface area contributed by atoms with Gasteiger partial charge in [-0.25, -0.2) is 0 Å². The Morgan fingerprint density at radius 3 is 3.11 bits per heavy atom. The maximum atomic E-state index is 12.0. The van der Waals surface area contributed by atoms with Crippen LogP contribution in [0.1, 0.15) is 30.5 Å². The molecule has 6 nitrogen and oxygen atoms in total. The number of hydrogen-bond acceptors (Lipinski definition) is 5. The molecular weight excluding hydrogens is 244 g/mol. The van der Waals surface area contributed by atoms with E-state index in [1.54, 1.807) is 11.9 Å². The van der Waals surface area contributed by atoms with E-state index < -0.39 is 0 Å². The van der Waals surface area contributed by atoms with Crippen LogP contribution in [0.3, 0.4) is 0 Å². The van der Waals surface area contributed by atoms with Crippen LogP contribution in [0.15, 0.2) is 16.7 Å². The van der Waals surface area contributed by atoms with Crippen LogP contribution in [-0.4, -0.2) is 47.1 Å². The predicted molar refractivity (Wildman–Crippen MR) is 68.5 cm³/mol. The van der Waals surface area contributed by atoms with Crippen molar-refractivity contribution < 1.29 is 9.32 Å². The highest BCUT2D eigenvalue weighted by Crippen LogP contribution is 2.38. The number of carbonyl (C=O) groups is 1. The van der Waals surface area contributed by atoms with E-state index in [0.29, 0.717) is 24.7 Å². The Hall–Kier alpha value is -1.69. The van der Waals surface area contributed by atoms with Gasteiger partial charge < -0.3 is 9.42 Å². The average molecular weight is 262 g/mol. The second kappa shape index (κ2) is 5.13. The van der Waals surface area contributed by atoms with Crippen LogP contribution < -0.4 is 5.32 Å². The summed E-state index contributed by atoms with van der Waals surface area (Å²) >= 11 is 0. The molecular formula is C13H18N4O2. The monoisotopic (exact) mass is 262 g/mol. The van der Waals surface area contributed by atoms with Crippen LogP contribution in [0.25, 0.3) is 0 Å². The van der Waals surface area contributed by atoms with Gasteiger partial charge >= 0.3 is 0 Å². The molecule has 1 aromatic rings. The van der Waals surface area contributed by atoms with E-state index >= 15 is 0 Å². The van der Waals surface area contributed by atoms with Crippen LogP contribution >= 0.6 is 0 Å². The molecule has 1 aliphatic heterocycles. The number of likely N-dealkylation sites (N-methyl/N-ethyl adjacent to an activating group) is 1. The van der Waals surface area contributed by atoms with Gasteiger partial charge in [-0.1, -0.05) is 17.3 Å². The highest BCUT2D eigenvalue weighted by molar-refractivity contribution is 5.84. The summed E-state index contributed by atoms with van der Waals surface area (Å²) in [5, 5.41) is 7.06. The molecule has 102 valence electrons. The Labute approximate surface area is 111 Å². The summed E-state index contributed by atoms with van der Waals surface area (Å²) in [6.07, 6.45) is 6.81. The average Bonchev–Trinajstić information content (AvgIpc) is 2.96. The van der Waals surface area contributed by atoms with E-state index in [0.717, 1.165) is 25.3 Å². The first-order valence-corrected chi connectivity index (χ1v) is 6.71. The van der Waals surface area contributed by atoms with Crippen molar-refractivity contribution in [2.75, 3.05) is 20.1 Å². The highest BCUT2D eigenvalue weighted by Gasteiger charge is 2.29. The number of nitrogens with zero attached hydrogens (tertiary/aromatic N) is 3. The van der Waals surface area contributed by atoms with Crippen molar-refractivity contribution in [3.05, 3.63) is 23.9 Å². The van der Waals surface area contributed by atoms with E-state index in [9.17, 15) is 4.79 Å². The number of nitrogens with one attached hydrogen (secondary N) is 1. The standard InChI is InChI=1S/C13H18N4O2/c1-17(13(18)10-3-2-7-14-10)8-6-11-15-12(19-16-11)9-4-5-9/h2-3,9-10,14H,4-8H2,1H3/t10-/m0/s1. The van der Waals surface area contributed by atoms with Crippen molar-refractivity contribution in [1.82, 2.24) is 20.4 Å². The number of hydrogen-bond donors (Lipinski definition) is 1. The molecule has 0 spiro atoms. The van der Waals surface area contributed by atoms with Crippen molar-refractivity contribution in [3.8, 4) is 0 Å². The van der Waals surface area contributed by atoms with E-state index in [2.05, 4.69) is 15.5 Å². The lowest BCUT2D eigenvalue weighted by Gasteiger charge is -2.19. The molecule has 1 aliphatic carbocycles. The van der Waals surface area contributed by atoms with Gasteiger partial charge in [0.05, 0.1) is 0 Å². The number of aromatic nitrogens is 2. The van der Waals surface area contributed by atoms with Crippen molar-refractivity contribution >= 4 is 5.91 Å². The Balaban J connectivity index is 1.50. The summed E-state index contributed by atoms with van der Waals surface area (Å²) in [6.45, 7) is 1.37. The fraction of sp³-hybridized carbons (Fsp3) is 0.615. The SMILES string of the molecule is CN(CCc1noc(C2CC2)n1)C(=O)[C@@H]1C=CCN1. The topological polar surface area (TPSA) is 71.3 Å². The van der Waals surface area contributed by atoms with E-state index in [-0.39, 0.29) is 11.9 Å². The third-order valence-electron chi connectivity index (χ3n) is 3.51. The third-order valence-corrected chi connectivity index (χ3v) is 3.51. The maximum Gasteiger partial charge on any atom is 0.243 e. The van der Waals surface area contributed by atoms with Gasteiger partial charge in [0.1, 0.15) is 6.04 Å². The van der Waals surface area contributed by atoms with Gasteiger partial charge in [0.25, 0.3) is 0 Å². The molecule has 0 unspecified atom stereocenters. The highest BCUT2D eigenvalue weighted by atomic mass is 16.5. The first-order chi connectivity index (χ1) is 9.24. The zero-order valence-corrected chi connectivity index (χ0v) is 11.0. The first-order valence-electron chi connectivity index (χ1n) is 6.71. The van der Waals surface area contributed by atoms with E-state index in [4.69, 9.17) is 4.52 Å². The molecule has 1 saturated carbocycles. The largest absolute Gasteiger partial charge is 0.344 e. The number of rotatable bonds is 5. The maximum absolute atomic E-state index is 12.0. The zero-order valence-electron chi connectivity index (χ0n) is 11.0. The van der Waals surface area contributed by atoms with Crippen molar-refractivity contribution in [3.63, 3.8) is 0 Å². The summed E-state index contributed by atoms with van der Waals surface area (Å²) in [4.78, 5) is 18.1. The molecule has 19 heavy (non-hydrogen) atoms. The van der Waals surface area contributed by atoms with Crippen molar-refractivity contribution in [2.24, 2.45) is 0 Å². The lowest BCUT2D eigenvalue weighted by molar-refractivity contribution is -0.130. The molecule has 2 aliphatic rings. The number of carbonyl (C=O) groups excluding carboxylic acids is 1. The van der Waals surface area contributed by atoms with Gasteiger partial charge in [0.2, 0.25) is 11.8 Å². The summed E-state index contributed by atoms with van der Waals surface area (Å²) in [5.74, 6) is 2.01. The summed E-state index contributed by atoms with van der Waals surface area (Å²) in [6, 6.07) is -0.183. The molecule has 1 N–H and O–H groups in total. The fourth-order valence-corrected chi connectivity index (χ4v) is 2.12. The molecule has 0 bridgehead atoms. The molecule has 0 aromatic carbocycles. The lowest BCUT2D eigenvalue weighted by Crippen LogP contribution is -2.42. The van der Waals surface area contributed by atoms with Crippen molar-refractivity contribution in [1.29, 1.82) is 0 Å². The third kappa shape index (κ3) is 2.84. The van der Waals surface area contributed by atoms with Gasteiger partial charge in [0, 0.05) is 32.5 Å².